The van der Waals surface area contributed by atoms with Gasteiger partial charge in [0.2, 0.25) is 0 Å². The summed E-state index contributed by atoms with van der Waals surface area (Å²) in [5.74, 6) is 0.249. The largest absolute Gasteiger partial charge is 0.272 e. The van der Waals surface area contributed by atoms with Gasteiger partial charge >= 0.3 is 0 Å². The van der Waals surface area contributed by atoms with Gasteiger partial charge in [-0.1, -0.05) is 67.1 Å². The molecule has 140 valence electrons. The fraction of sp³-hybridized carbons (Fsp3) is 0.167. The van der Waals surface area contributed by atoms with Gasteiger partial charge in [0.05, 0.1) is 16.2 Å². The Morgan fingerprint density at radius 3 is 2.39 bits per heavy atom. The summed E-state index contributed by atoms with van der Waals surface area (Å²) in [5.41, 5.74) is 4.13. The molecular weight excluding hydrogens is 366 g/mol. The lowest BCUT2D eigenvalue weighted by atomic mass is 9.98. The number of benzene rings is 3. The van der Waals surface area contributed by atoms with Crippen LogP contribution >= 0.6 is 11.8 Å². The average molecular weight is 388 g/mol. The molecular formula is C24H21NO2S. The maximum Gasteiger partial charge on any atom is 0.272 e. The maximum absolute atomic E-state index is 13.5. The van der Waals surface area contributed by atoms with Crippen LogP contribution in [0.5, 0.6) is 0 Å². The van der Waals surface area contributed by atoms with Gasteiger partial charge in [0.25, 0.3) is 11.8 Å². The molecule has 28 heavy (non-hydrogen) atoms. The molecule has 0 N–H and O–H groups in total. The number of hydrogen-bond acceptors (Lipinski definition) is 3. The highest BCUT2D eigenvalue weighted by molar-refractivity contribution is 8.04. The van der Waals surface area contributed by atoms with Gasteiger partial charge in [-0.05, 0) is 42.2 Å². The predicted octanol–water partition coefficient (Wildman–Crippen LogP) is 5.49. The number of aryl methyl sites for hydroxylation is 2. The SMILES string of the molecule is CCSC1=C(c2ccc(C)cc2C)C(=O)N(c2cccc3ccccc23)C1=O. The van der Waals surface area contributed by atoms with Crippen LogP contribution in [0.25, 0.3) is 16.3 Å². The molecule has 0 fully saturated rings. The fourth-order valence-corrected chi connectivity index (χ4v) is 4.59. The predicted molar refractivity (Wildman–Crippen MR) is 117 cm³/mol. The number of carbonyl (C=O) groups is 2. The molecule has 0 atom stereocenters. The average Bonchev–Trinajstić information content (AvgIpc) is 2.92. The van der Waals surface area contributed by atoms with E-state index < -0.39 is 0 Å². The van der Waals surface area contributed by atoms with Crippen LogP contribution in [-0.2, 0) is 9.59 Å². The first-order valence-electron chi connectivity index (χ1n) is 9.34. The van der Waals surface area contributed by atoms with E-state index in [0.29, 0.717) is 16.2 Å². The number of thioether (sulfide) groups is 1. The van der Waals surface area contributed by atoms with Crippen molar-refractivity contribution >= 4 is 45.6 Å². The Hall–Kier alpha value is -2.85. The Labute approximate surface area is 169 Å². The Bertz CT molecular complexity index is 1140. The Kier molecular flexibility index (Phi) is 4.82. The van der Waals surface area contributed by atoms with Gasteiger partial charge in [0, 0.05) is 5.39 Å². The molecule has 0 spiro atoms. The van der Waals surface area contributed by atoms with Gasteiger partial charge in [-0.15, -0.1) is 11.8 Å². The van der Waals surface area contributed by atoms with E-state index in [0.717, 1.165) is 33.2 Å². The van der Waals surface area contributed by atoms with E-state index >= 15 is 0 Å². The van der Waals surface area contributed by atoms with Crippen molar-refractivity contribution < 1.29 is 9.59 Å². The summed E-state index contributed by atoms with van der Waals surface area (Å²) >= 11 is 1.44. The molecule has 0 bridgehead atoms. The smallest absolute Gasteiger partial charge is 0.268 e. The molecule has 3 aromatic rings. The first-order valence-corrected chi connectivity index (χ1v) is 10.3. The zero-order valence-electron chi connectivity index (χ0n) is 16.2. The lowest BCUT2D eigenvalue weighted by Gasteiger charge is -2.18. The minimum atomic E-state index is -0.246. The second kappa shape index (κ2) is 7.28. The van der Waals surface area contributed by atoms with Crippen LogP contribution in [-0.4, -0.2) is 17.6 Å². The van der Waals surface area contributed by atoms with Crippen LogP contribution in [0, 0.1) is 13.8 Å². The van der Waals surface area contributed by atoms with Crippen LogP contribution in [0.2, 0.25) is 0 Å². The third-order valence-electron chi connectivity index (χ3n) is 4.99. The van der Waals surface area contributed by atoms with Gasteiger partial charge in [0.1, 0.15) is 0 Å². The third-order valence-corrected chi connectivity index (χ3v) is 5.94. The van der Waals surface area contributed by atoms with Crippen molar-refractivity contribution in [3.8, 4) is 0 Å². The highest BCUT2D eigenvalue weighted by Crippen LogP contribution is 2.41. The number of anilines is 1. The Morgan fingerprint density at radius 1 is 0.893 bits per heavy atom. The highest BCUT2D eigenvalue weighted by Gasteiger charge is 2.40. The van der Waals surface area contributed by atoms with Crippen LogP contribution in [0.15, 0.2) is 65.6 Å². The number of fused-ring (bicyclic) bond motifs is 1. The molecule has 1 aliphatic rings. The first kappa shape index (κ1) is 18.5. The summed E-state index contributed by atoms with van der Waals surface area (Å²) < 4.78 is 0. The Morgan fingerprint density at radius 2 is 1.64 bits per heavy atom. The van der Waals surface area contributed by atoms with Crippen molar-refractivity contribution in [3.05, 3.63) is 82.3 Å². The zero-order chi connectivity index (χ0) is 19.8. The van der Waals surface area contributed by atoms with E-state index in [9.17, 15) is 9.59 Å². The molecule has 2 amide bonds. The van der Waals surface area contributed by atoms with Gasteiger partial charge in [0.15, 0.2) is 0 Å². The van der Waals surface area contributed by atoms with E-state index in [1.807, 2.05) is 75.4 Å². The summed E-state index contributed by atoms with van der Waals surface area (Å²) in [5, 5.41) is 1.90. The molecule has 0 saturated heterocycles. The van der Waals surface area contributed by atoms with Crippen molar-refractivity contribution in [2.75, 3.05) is 10.7 Å². The number of imide groups is 1. The van der Waals surface area contributed by atoms with E-state index in [1.165, 1.54) is 16.7 Å². The van der Waals surface area contributed by atoms with Crippen LogP contribution in [0.1, 0.15) is 23.6 Å². The monoisotopic (exact) mass is 387 g/mol. The number of amides is 2. The topological polar surface area (TPSA) is 37.4 Å². The minimum absolute atomic E-state index is 0.233. The molecule has 0 aromatic heterocycles. The second-order valence-corrected chi connectivity index (χ2v) is 8.17. The Balaban J connectivity index is 1.90. The van der Waals surface area contributed by atoms with E-state index in [1.54, 1.807) is 0 Å². The molecule has 4 heteroatoms. The van der Waals surface area contributed by atoms with Gasteiger partial charge in [-0.3, -0.25) is 9.59 Å². The molecule has 3 nitrogen and oxygen atoms in total. The van der Waals surface area contributed by atoms with Gasteiger partial charge < -0.3 is 0 Å². The quantitative estimate of drug-likeness (QED) is 0.555. The van der Waals surface area contributed by atoms with E-state index in [4.69, 9.17) is 0 Å². The molecule has 1 heterocycles. The molecule has 0 unspecified atom stereocenters. The number of carbonyl (C=O) groups excluding carboxylic acids is 2. The van der Waals surface area contributed by atoms with Crippen molar-refractivity contribution in [3.63, 3.8) is 0 Å². The van der Waals surface area contributed by atoms with E-state index in [-0.39, 0.29) is 11.8 Å². The van der Waals surface area contributed by atoms with Crippen molar-refractivity contribution in [2.45, 2.75) is 20.8 Å². The molecule has 4 rings (SSSR count). The van der Waals surface area contributed by atoms with Crippen LogP contribution in [0.4, 0.5) is 5.69 Å². The molecule has 0 radical (unpaired) electrons. The normalized spacial score (nSPS) is 14.5. The number of hydrogen-bond donors (Lipinski definition) is 0. The third kappa shape index (κ3) is 2.94. The van der Waals surface area contributed by atoms with Gasteiger partial charge in [-0.2, -0.15) is 0 Å². The summed E-state index contributed by atoms with van der Waals surface area (Å²) in [6.45, 7) is 6.01. The lowest BCUT2D eigenvalue weighted by Crippen LogP contribution is -2.31. The van der Waals surface area contributed by atoms with Crippen molar-refractivity contribution in [1.29, 1.82) is 0 Å². The molecule has 0 saturated carbocycles. The maximum atomic E-state index is 13.5. The van der Waals surface area contributed by atoms with Crippen LogP contribution < -0.4 is 4.90 Å². The summed E-state index contributed by atoms with van der Waals surface area (Å²) in [6, 6.07) is 19.5. The number of nitrogens with zero attached hydrogens (tertiary/aromatic N) is 1. The number of rotatable bonds is 4. The van der Waals surface area contributed by atoms with Gasteiger partial charge in [-0.25, -0.2) is 4.90 Å². The van der Waals surface area contributed by atoms with Crippen LogP contribution in [0.3, 0.4) is 0 Å². The minimum Gasteiger partial charge on any atom is -0.268 e. The first-order chi connectivity index (χ1) is 13.5. The zero-order valence-corrected chi connectivity index (χ0v) is 17.0. The summed E-state index contributed by atoms with van der Waals surface area (Å²) in [4.78, 5) is 28.7. The highest BCUT2D eigenvalue weighted by atomic mass is 32.2. The summed E-state index contributed by atoms with van der Waals surface area (Å²) in [7, 11) is 0. The summed E-state index contributed by atoms with van der Waals surface area (Å²) in [6.07, 6.45) is 0. The van der Waals surface area contributed by atoms with Crippen molar-refractivity contribution in [2.24, 2.45) is 0 Å². The lowest BCUT2D eigenvalue weighted by molar-refractivity contribution is -0.119. The van der Waals surface area contributed by atoms with Crippen molar-refractivity contribution in [1.82, 2.24) is 0 Å². The molecule has 0 aliphatic carbocycles. The fourth-order valence-electron chi connectivity index (χ4n) is 3.74. The molecule has 1 aliphatic heterocycles. The standard InChI is InChI=1S/C24H21NO2S/c1-4-28-22-21(18-13-12-15(2)14-16(18)3)23(26)25(24(22)27)20-11-7-9-17-8-5-6-10-19(17)20/h5-14H,4H2,1-3H3. The second-order valence-electron chi connectivity index (χ2n) is 6.90. The van der Waals surface area contributed by atoms with E-state index in [2.05, 4.69) is 6.07 Å². The molecule has 3 aromatic carbocycles.